The second kappa shape index (κ2) is 13.7. The van der Waals surface area contributed by atoms with Crippen LogP contribution in [-0.4, -0.2) is 0 Å². The molecule has 0 aliphatic heterocycles. The van der Waals surface area contributed by atoms with Gasteiger partial charge in [0.2, 0.25) is 0 Å². The van der Waals surface area contributed by atoms with Gasteiger partial charge in [-0.3, -0.25) is 0 Å². The third-order valence-electron chi connectivity index (χ3n) is 8.01. The molecule has 0 heterocycles. The first-order chi connectivity index (χ1) is 22.8. The minimum absolute atomic E-state index is 0.915. The average Bonchev–Trinajstić information content (AvgIpc) is 3.41. The largest absolute Gasteiger partial charge is 0.311 e. The van der Waals surface area contributed by atoms with Crippen molar-refractivity contribution in [1.82, 2.24) is 0 Å². The Morgan fingerprint density at radius 2 is 0.609 bits per heavy atom. The molecule has 1 aliphatic rings. The quantitative estimate of drug-likeness (QED) is 0.165. The van der Waals surface area contributed by atoms with Crippen molar-refractivity contribution in [2.75, 3.05) is 14.7 Å². The Morgan fingerprint density at radius 1 is 0.304 bits per heavy atom. The minimum Gasteiger partial charge on any atom is -0.311 e. The van der Waals surface area contributed by atoms with Crippen molar-refractivity contribution in [3.05, 3.63) is 206 Å². The summed E-state index contributed by atoms with van der Waals surface area (Å²) in [7, 11) is 0. The molecular weight excluding hydrogens is 558 g/mol. The maximum atomic E-state index is 2.32. The zero-order chi connectivity index (χ0) is 31.0. The summed E-state index contributed by atoms with van der Waals surface area (Å²) in [5.74, 6) is 0. The lowest BCUT2D eigenvalue weighted by Crippen LogP contribution is -2.16. The number of allylic oxidation sites excluding steroid dienone is 5. The van der Waals surface area contributed by atoms with Gasteiger partial charge < -0.3 is 14.7 Å². The normalized spacial score (nSPS) is 12.2. The number of nitrogens with zero attached hydrogens (tertiary/aromatic N) is 3. The van der Waals surface area contributed by atoms with Crippen LogP contribution in [0.4, 0.5) is 45.5 Å². The van der Waals surface area contributed by atoms with Crippen LogP contribution < -0.4 is 14.7 Å². The fourth-order valence-corrected chi connectivity index (χ4v) is 5.87. The monoisotopic (exact) mass is 593 g/mol. The highest BCUT2D eigenvalue weighted by Gasteiger charge is 2.18. The third-order valence-corrected chi connectivity index (χ3v) is 8.01. The highest BCUT2D eigenvalue weighted by Crippen LogP contribution is 2.39. The van der Waals surface area contributed by atoms with Crippen LogP contribution in [0.15, 0.2) is 206 Å². The van der Waals surface area contributed by atoms with Gasteiger partial charge in [0.1, 0.15) is 0 Å². The molecule has 0 aromatic heterocycles. The number of anilines is 8. The van der Waals surface area contributed by atoms with E-state index in [0.717, 1.165) is 57.6 Å². The van der Waals surface area contributed by atoms with Gasteiger partial charge in [-0.05, 0) is 116 Å². The lowest BCUT2D eigenvalue weighted by molar-refractivity contribution is 1.19. The average molecular weight is 594 g/mol. The number of benzene rings is 6. The van der Waals surface area contributed by atoms with Crippen molar-refractivity contribution in [1.29, 1.82) is 0 Å². The summed E-state index contributed by atoms with van der Waals surface area (Å²) < 4.78 is 0. The van der Waals surface area contributed by atoms with Gasteiger partial charge in [-0.15, -0.1) is 0 Å². The molecular formula is C43H35N3. The lowest BCUT2D eigenvalue weighted by atomic mass is 10.1. The number of para-hydroxylation sites is 4. The zero-order valence-corrected chi connectivity index (χ0v) is 25.6. The van der Waals surface area contributed by atoms with Crippen molar-refractivity contribution in [2.45, 2.75) is 6.42 Å². The van der Waals surface area contributed by atoms with E-state index in [1.165, 1.54) is 0 Å². The van der Waals surface area contributed by atoms with Crippen LogP contribution in [0.2, 0.25) is 0 Å². The summed E-state index contributed by atoms with van der Waals surface area (Å²) in [6.45, 7) is 0. The van der Waals surface area contributed by atoms with Gasteiger partial charge in [-0.25, -0.2) is 0 Å². The molecule has 46 heavy (non-hydrogen) atoms. The van der Waals surface area contributed by atoms with E-state index in [2.05, 4.69) is 215 Å². The molecule has 0 unspecified atom stereocenters. The second-order valence-corrected chi connectivity index (χ2v) is 11.0. The molecule has 3 nitrogen and oxygen atoms in total. The molecule has 0 bridgehead atoms. The summed E-state index contributed by atoms with van der Waals surface area (Å²) >= 11 is 0. The Hall–Kier alpha value is -6.06. The predicted molar refractivity (Wildman–Crippen MR) is 195 cm³/mol. The van der Waals surface area contributed by atoms with E-state index >= 15 is 0 Å². The van der Waals surface area contributed by atoms with Crippen molar-refractivity contribution in [3.63, 3.8) is 0 Å². The van der Waals surface area contributed by atoms with Gasteiger partial charge in [0, 0.05) is 51.2 Å². The van der Waals surface area contributed by atoms with Crippen LogP contribution in [0.25, 0.3) is 0 Å². The first-order valence-electron chi connectivity index (χ1n) is 15.7. The van der Waals surface area contributed by atoms with E-state index in [4.69, 9.17) is 0 Å². The van der Waals surface area contributed by atoms with Gasteiger partial charge in [0.15, 0.2) is 0 Å². The molecule has 222 valence electrons. The van der Waals surface area contributed by atoms with Gasteiger partial charge in [-0.1, -0.05) is 91.0 Å². The highest BCUT2D eigenvalue weighted by molar-refractivity contribution is 5.81. The van der Waals surface area contributed by atoms with Gasteiger partial charge in [0.05, 0.1) is 0 Å². The van der Waals surface area contributed by atoms with E-state index in [0.29, 0.717) is 0 Å². The van der Waals surface area contributed by atoms with E-state index in [9.17, 15) is 0 Å². The van der Waals surface area contributed by atoms with E-state index in [-0.39, 0.29) is 0 Å². The minimum atomic E-state index is 0.915. The van der Waals surface area contributed by atoms with Crippen molar-refractivity contribution < 1.29 is 0 Å². The van der Waals surface area contributed by atoms with Crippen molar-refractivity contribution >= 4 is 45.5 Å². The van der Waals surface area contributed by atoms with Crippen LogP contribution in [0.5, 0.6) is 0 Å². The van der Waals surface area contributed by atoms with Gasteiger partial charge in [0.25, 0.3) is 0 Å². The molecule has 3 heteroatoms. The molecule has 7 rings (SSSR count). The molecule has 6 aromatic rings. The Balaban J connectivity index is 1.27. The predicted octanol–water partition coefficient (Wildman–Crippen LogP) is 12.2. The number of hydrogen-bond acceptors (Lipinski definition) is 3. The topological polar surface area (TPSA) is 9.72 Å². The van der Waals surface area contributed by atoms with Crippen LogP contribution in [-0.2, 0) is 0 Å². The van der Waals surface area contributed by atoms with Crippen LogP contribution in [0.3, 0.4) is 0 Å². The molecule has 0 saturated heterocycles. The molecule has 0 atom stereocenters. The standard InChI is InChI=1S/C43H35N3/c1-2-8-18-39(17-7-1)46(42-31-27-40(28-32-42)44(35-19-9-3-10-20-35)36-21-11-4-12-22-36)43-33-29-41(30-34-43)45(37-23-13-5-14-24-37)38-25-15-6-16-26-38/h1,3-34H,2H2. The molecule has 0 spiro atoms. The second-order valence-electron chi connectivity index (χ2n) is 11.0. The number of rotatable bonds is 9. The summed E-state index contributed by atoms with van der Waals surface area (Å²) in [6, 6.07) is 59.8. The van der Waals surface area contributed by atoms with Gasteiger partial charge in [-0.2, -0.15) is 0 Å². The molecule has 1 aliphatic carbocycles. The molecule has 6 aromatic carbocycles. The third kappa shape index (κ3) is 6.26. The van der Waals surface area contributed by atoms with Crippen molar-refractivity contribution in [3.8, 4) is 0 Å². The number of hydrogen-bond donors (Lipinski definition) is 0. The van der Waals surface area contributed by atoms with Crippen LogP contribution in [0, 0.1) is 0 Å². The van der Waals surface area contributed by atoms with E-state index < -0.39 is 0 Å². The summed E-state index contributed by atoms with van der Waals surface area (Å²) in [5.41, 5.74) is 9.97. The molecule has 0 fully saturated rings. The first kappa shape index (κ1) is 28.7. The summed E-state index contributed by atoms with van der Waals surface area (Å²) in [6.07, 6.45) is 11.9. The fraction of sp³-hybridized carbons (Fsp3) is 0.0233. The Bertz CT molecular complexity index is 1720. The van der Waals surface area contributed by atoms with E-state index in [1.807, 2.05) is 0 Å². The molecule has 0 amide bonds. The smallest absolute Gasteiger partial charge is 0.0463 e. The molecule has 0 N–H and O–H groups in total. The first-order valence-corrected chi connectivity index (χ1v) is 15.7. The van der Waals surface area contributed by atoms with Crippen LogP contribution in [0.1, 0.15) is 6.42 Å². The van der Waals surface area contributed by atoms with Gasteiger partial charge >= 0.3 is 0 Å². The van der Waals surface area contributed by atoms with E-state index in [1.54, 1.807) is 0 Å². The Labute approximate surface area is 271 Å². The summed E-state index contributed by atoms with van der Waals surface area (Å²) in [4.78, 5) is 6.90. The Kier molecular flexibility index (Phi) is 8.55. The summed E-state index contributed by atoms with van der Waals surface area (Å²) in [5, 5.41) is 0. The SMILES string of the molecule is C1=CCC=CC(N(c2ccc(N(c3ccccc3)c3ccccc3)cc2)c2ccc(N(c3ccccc3)c3ccccc3)cc2)=C1. The molecule has 0 radical (unpaired) electrons. The fourth-order valence-electron chi connectivity index (χ4n) is 5.87. The maximum absolute atomic E-state index is 2.32. The lowest BCUT2D eigenvalue weighted by Gasteiger charge is -2.30. The Morgan fingerprint density at radius 3 is 0.957 bits per heavy atom. The van der Waals surface area contributed by atoms with Crippen LogP contribution >= 0.6 is 0 Å². The highest BCUT2D eigenvalue weighted by atomic mass is 15.2. The van der Waals surface area contributed by atoms with Crippen molar-refractivity contribution in [2.24, 2.45) is 0 Å². The maximum Gasteiger partial charge on any atom is 0.0463 e. The molecule has 0 saturated carbocycles. The zero-order valence-electron chi connectivity index (χ0n) is 25.6.